The molecule has 0 unspecified atom stereocenters. The Kier molecular flexibility index (Phi) is 6.15. The van der Waals surface area contributed by atoms with Crippen molar-refractivity contribution in [3.63, 3.8) is 0 Å². The molecule has 0 spiro atoms. The number of hydrogen-bond donors (Lipinski definition) is 1. The molecule has 7 heteroatoms. The van der Waals surface area contributed by atoms with Gasteiger partial charge in [-0.25, -0.2) is 18.6 Å². The van der Waals surface area contributed by atoms with Crippen molar-refractivity contribution in [1.82, 2.24) is 9.97 Å². The van der Waals surface area contributed by atoms with Crippen LogP contribution in [0.4, 0.5) is 8.78 Å². The lowest BCUT2D eigenvalue weighted by atomic mass is 10.4. The Morgan fingerprint density at radius 1 is 0.875 bits per heavy atom. The Morgan fingerprint density at radius 3 is 1.67 bits per heavy atom. The van der Waals surface area contributed by atoms with E-state index >= 15 is 0 Å². The highest BCUT2D eigenvalue weighted by Crippen LogP contribution is 2.49. The molecule has 0 radical (unpaired) electrons. The number of benzene rings is 2. The molecular weight excluding hydrogens is 333 g/mol. The minimum absolute atomic E-state index is 0.196. The van der Waals surface area contributed by atoms with Gasteiger partial charge in [-0.3, -0.25) is 0 Å². The SMILES string of the molecule is O=P(c1ccccc1)(c1ccccc1)C(F)F.O=c1nccc[nH]1. The van der Waals surface area contributed by atoms with Crippen LogP contribution >= 0.6 is 7.14 Å². The maximum atomic E-state index is 13.2. The molecule has 3 aromatic rings. The predicted octanol–water partition coefficient (Wildman–Crippen LogP) is 2.99. The zero-order chi connectivity index (χ0) is 17.4. The monoisotopic (exact) mass is 348 g/mol. The Hall–Kier alpha value is -2.59. The number of rotatable bonds is 3. The van der Waals surface area contributed by atoms with Gasteiger partial charge >= 0.3 is 5.69 Å². The van der Waals surface area contributed by atoms with Gasteiger partial charge in [0.1, 0.15) is 0 Å². The highest BCUT2D eigenvalue weighted by atomic mass is 31.2. The zero-order valence-corrected chi connectivity index (χ0v) is 13.4. The number of aromatic nitrogens is 2. The fourth-order valence-corrected chi connectivity index (χ4v) is 3.96. The summed E-state index contributed by atoms with van der Waals surface area (Å²) < 4.78 is 38.9. The number of alkyl halides is 2. The van der Waals surface area contributed by atoms with Crippen LogP contribution in [-0.2, 0) is 4.57 Å². The first-order valence-electron chi connectivity index (χ1n) is 7.04. The molecule has 0 bridgehead atoms. The summed E-state index contributed by atoms with van der Waals surface area (Å²) in [4.78, 5) is 15.8. The summed E-state index contributed by atoms with van der Waals surface area (Å²) in [6, 6.07) is 17.5. The van der Waals surface area contributed by atoms with Crippen molar-refractivity contribution >= 4 is 17.8 Å². The fraction of sp³-hybridized carbons (Fsp3) is 0.0588. The standard InChI is InChI=1S/C13H11F2OP.C4H4N2O/c14-13(15)17(16,11-7-3-1-4-8-11)12-9-5-2-6-10-12;7-4-5-2-1-3-6-4/h1-10,13H;1-3H,(H,5,6,7). The topological polar surface area (TPSA) is 62.8 Å². The number of H-pyrrole nitrogens is 1. The highest BCUT2D eigenvalue weighted by molar-refractivity contribution is 7.79. The predicted molar refractivity (Wildman–Crippen MR) is 90.6 cm³/mol. The molecule has 1 N–H and O–H groups in total. The smallest absolute Gasteiger partial charge is 0.313 e. The lowest BCUT2D eigenvalue weighted by molar-refractivity contribution is 0.237. The third-order valence-corrected chi connectivity index (χ3v) is 5.82. The molecular formula is C17H15F2N2O2P. The van der Waals surface area contributed by atoms with Crippen LogP contribution in [0.15, 0.2) is 83.9 Å². The van der Waals surface area contributed by atoms with E-state index in [0.717, 1.165) is 0 Å². The molecule has 0 fully saturated rings. The maximum Gasteiger partial charge on any atom is 0.344 e. The average molecular weight is 348 g/mol. The summed E-state index contributed by atoms with van der Waals surface area (Å²) in [5, 5.41) is 0.391. The molecule has 1 aromatic heterocycles. The second-order valence-electron chi connectivity index (χ2n) is 4.69. The first kappa shape index (κ1) is 17.8. The summed E-state index contributed by atoms with van der Waals surface area (Å²) in [6.45, 7) is 0. The first-order chi connectivity index (χ1) is 11.5. The summed E-state index contributed by atoms with van der Waals surface area (Å²) in [6.07, 6.45) is 0.0982. The van der Waals surface area contributed by atoms with Gasteiger partial charge in [0.15, 0.2) is 0 Å². The van der Waals surface area contributed by atoms with Crippen molar-refractivity contribution in [1.29, 1.82) is 0 Å². The zero-order valence-electron chi connectivity index (χ0n) is 12.5. The Bertz CT molecular complexity index is 794. The van der Waals surface area contributed by atoms with E-state index in [1.807, 2.05) is 0 Å². The van der Waals surface area contributed by atoms with Crippen molar-refractivity contribution in [3.8, 4) is 0 Å². The number of halogens is 2. The van der Waals surface area contributed by atoms with E-state index in [4.69, 9.17) is 0 Å². The van der Waals surface area contributed by atoms with Crippen LogP contribution in [-0.4, -0.2) is 16.1 Å². The van der Waals surface area contributed by atoms with Gasteiger partial charge in [0.05, 0.1) is 0 Å². The second kappa shape index (κ2) is 8.31. The summed E-state index contributed by atoms with van der Waals surface area (Å²) >= 11 is 0. The third-order valence-electron chi connectivity index (χ3n) is 3.14. The van der Waals surface area contributed by atoms with Crippen molar-refractivity contribution in [2.24, 2.45) is 0 Å². The van der Waals surface area contributed by atoms with Gasteiger partial charge in [-0.2, -0.15) is 0 Å². The third kappa shape index (κ3) is 4.24. The van der Waals surface area contributed by atoms with Gasteiger partial charge in [-0.05, 0) is 6.07 Å². The Morgan fingerprint density at radius 2 is 1.38 bits per heavy atom. The molecule has 0 amide bonds. The normalized spacial score (nSPS) is 10.8. The van der Waals surface area contributed by atoms with Crippen LogP contribution in [0.3, 0.4) is 0 Å². The molecule has 4 nitrogen and oxygen atoms in total. The van der Waals surface area contributed by atoms with Gasteiger partial charge in [0.25, 0.3) is 6.17 Å². The molecule has 0 aliphatic rings. The van der Waals surface area contributed by atoms with E-state index in [0.29, 0.717) is 0 Å². The van der Waals surface area contributed by atoms with Crippen LogP contribution in [0.2, 0.25) is 0 Å². The quantitative estimate of drug-likeness (QED) is 0.740. The minimum atomic E-state index is -3.83. The van der Waals surface area contributed by atoms with Crippen LogP contribution in [0.1, 0.15) is 0 Å². The molecule has 0 atom stereocenters. The molecule has 24 heavy (non-hydrogen) atoms. The number of nitrogens with one attached hydrogen (secondary N) is 1. The molecule has 0 aliphatic heterocycles. The molecule has 0 aliphatic carbocycles. The van der Waals surface area contributed by atoms with Crippen LogP contribution in [0.5, 0.6) is 0 Å². The molecule has 2 aromatic carbocycles. The van der Waals surface area contributed by atoms with Crippen LogP contribution < -0.4 is 16.3 Å². The molecule has 1 heterocycles. The molecule has 3 rings (SSSR count). The molecule has 0 saturated carbocycles. The van der Waals surface area contributed by atoms with Crippen LogP contribution in [0.25, 0.3) is 0 Å². The lowest BCUT2D eigenvalue weighted by Crippen LogP contribution is -2.20. The van der Waals surface area contributed by atoms with Gasteiger partial charge < -0.3 is 9.55 Å². The van der Waals surface area contributed by atoms with E-state index in [2.05, 4.69) is 9.97 Å². The van der Waals surface area contributed by atoms with E-state index in [1.165, 1.54) is 36.7 Å². The minimum Gasteiger partial charge on any atom is -0.313 e. The highest BCUT2D eigenvalue weighted by Gasteiger charge is 2.37. The molecule has 0 saturated heterocycles. The van der Waals surface area contributed by atoms with E-state index < -0.39 is 13.3 Å². The maximum absolute atomic E-state index is 13.2. The first-order valence-corrected chi connectivity index (χ1v) is 8.81. The largest absolute Gasteiger partial charge is 0.344 e. The van der Waals surface area contributed by atoms with Gasteiger partial charge in [0.2, 0.25) is 7.14 Å². The average Bonchev–Trinajstić information content (AvgIpc) is 2.63. The van der Waals surface area contributed by atoms with Gasteiger partial charge in [-0.15, -0.1) is 0 Å². The number of hydrogen-bond acceptors (Lipinski definition) is 3. The molecule has 124 valence electrons. The van der Waals surface area contributed by atoms with Crippen molar-refractivity contribution in [2.45, 2.75) is 6.17 Å². The fourth-order valence-electron chi connectivity index (χ4n) is 1.98. The number of aromatic amines is 1. The summed E-state index contributed by atoms with van der Waals surface area (Å²) in [5.41, 5.74) is -0.303. The Balaban J connectivity index is 0.000000249. The van der Waals surface area contributed by atoms with E-state index in [-0.39, 0.29) is 16.3 Å². The second-order valence-corrected chi connectivity index (χ2v) is 7.43. The Labute approximate surface area is 137 Å². The van der Waals surface area contributed by atoms with E-state index in [1.54, 1.807) is 42.5 Å². The van der Waals surface area contributed by atoms with Gasteiger partial charge in [0, 0.05) is 23.0 Å². The summed E-state index contributed by atoms with van der Waals surface area (Å²) in [5.74, 6) is 0. The van der Waals surface area contributed by atoms with Gasteiger partial charge in [-0.1, -0.05) is 60.7 Å². The van der Waals surface area contributed by atoms with Crippen LogP contribution in [0, 0.1) is 0 Å². The summed E-state index contributed by atoms with van der Waals surface area (Å²) in [7, 11) is -3.83. The van der Waals surface area contributed by atoms with Crippen molar-refractivity contribution in [3.05, 3.63) is 89.6 Å². The van der Waals surface area contributed by atoms with Crippen molar-refractivity contribution in [2.75, 3.05) is 0 Å². The number of nitrogens with zero attached hydrogens (tertiary/aromatic N) is 1. The van der Waals surface area contributed by atoms with E-state index in [9.17, 15) is 18.1 Å². The lowest BCUT2D eigenvalue weighted by Gasteiger charge is -2.17. The van der Waals surface area contributed by atoms with Crippen molar-refractivity contribution < 1.29 is 13.3 Å².